The van der Waals surface area contributed by atoms with Crippen LogP contribution in [0.4, 0.5) is 0 Å². The third kappa shape index (κ3) is 4.20. The fourth-order valence-electron chi connectivity index (χ4n) is 2.80. The molecule has 0 radical (unpaired) electrons. The molecule has 3 rings (SSSR count). The zero-order valence-corrected chi connectivity index (χ0v) is 15.1. The quantitative estimate of drug-likeness (QED) is 0.611. The van der Waals surface area contributed by atoms with Gasteiger partial charge < -0.3 is 14.2 Å². The van der Waals surface area contributed by atoms with Gasteiger partial charge in [0.1, 0.15) is 12.4 Å². The molecule has 0 saturated heterocycles. The summed E-state index contributed by atoms with van der Waals surface area (Å²) in [4.78, 5) is 18.6. The first-order valence-electron chi connectivity index (χ1n) is 8.93. The average molecular weight is 353 g/mol. The molecule has 0 N–H and O–H groups in total. The van der Waals surface area contributed by atoms with Crippen molar-refractivity contribution < 1.29 is 14.1 Å². The number of hydrogen-bond donors (Lipinski definition) is 0. The van der Waals surface area contributed by atoms with Crippen LogP contribution in [0, 0.1) is 0 Å². The first-order chi connectivity index (χ1) is 12.7. The van der Waals surface area contributed by atoms with Crippen LogP contribution >= 0.6 is 0 Å². The molecule has 1 aromatic carbocycles. The van der Waals surface area contributed by atoms with Crippen molar-refractivity contribution in [2.24, 2.45) is 0 Å². The Bertz CT molecular complexity index is 869. The molecule has 2 aromatic heterocycles. The maximum atomic E-state index is 12.5. The predicted molar refractivity (Wildman–Crippen MR) is 99.1 cm³/mol. The first-order valence-corrected chi connectivity index (χ1v) is 8.93. The number of nitrogens with zero attached hydrogens (tertiary/aromatic N) is 3. The van der Waals surface area contributed by atoms with Crippen molar-refractivity contribution in [1.29, 1.82) is 0 Å². The van der Waals surface area contributed by atoms with Crippen molar-refractivity contribution in [3.8, 4) is 5.75 Å². The standard InChI is InChI=1S/C20H23N3O3/c1-3-10-23(11-4-2)20(24)19-13-17(26-22-19)14-25-16-7-8-18-15(12-16)6-5-9-21-18/h5-9,12-13H,3-4,10-11,14H2,1-2H3. The molecular formula is C20H23N3O3. The minimum atomic E-state index is -0.0968. The number of rotatable bonds is 8. The summed E-state index contributed by atoms with van der Waals surface area (Å²) in [5, 5.41) is 4.92. The topological polar surface area (TPSA) is 68.5 Å². The van der Waals surface area contributed by atoms with E-state index in [1.165, 1.54) is 0 Å². The second-order valence-corrected chi connectivity index (χ2v) is 6.12. The van der Waals surface area contributed by atoms with E-state index in [4.69, 9.17) is 9.26 Å². The molecular weight excluding hydrogens is 330 g/mol. The second kappa shape index (κ2) is 8.47. The van der Waals surface area contributed by atoms with E-state index in [1.54, 1.807) is 17.2 Å². The zero-order chi connectivity index (χ0) is 18.4. The van der Waals surface area contributed by atoms with Crippen LogP contribution in [-0.2, 0) is 6.61 Å². The number of carbonyl (C=O) groups excluding carboxylic acids is 1. The van der Waals surface area contributed by atoms with Gasteiger partial charge in [-0.3, -0.25) is 9.78 Å². The lowest BCUT2D eigenvalue weighted by molar-refractivity contribution is 0.0745. The molecule has 1 amide bonds. The van der Waals surface area contributed by atoms with Crippen LogP contribution in [0.5, 0.6) is 5.75 Å². The lowest BCUT2D eigenvalue weighted by Crippen LogP contribution is -2.32. The number of pyridine rings is 1. The third-order valence-corrected chi connectivity index (χ3v) is 4.01. The highest BCUT2D eigenvalue weighted by Gasteiger charge is 2.19. The van der Waals surface area contributed by atoms with Gasteiger partial charge in [-0.1, -0.05) is 25.1 Å². The van der Waals surface area contributed by atoms with E-state index in [0.717, 1.165) is 36.8 Å². The van der Waals surface area contributed by atoms with E-state index in [2.05, 4.69) is 24.0 Å². The first kappa shape index (κ1) is 17.9. The largest absolute Gasteiger partial charge is 0.486 e. The number of carbonyl (C=O) groups is 1. The van der Waals surface area contributed by atoms with Gasteiger partial charge in [0.15, 0.2) is 11.5 Å². The van der Waals surface area contributed by atoms with Gasteiger partial charge in [0.05, 0.1) is 5.52 Å². The van der Waals surface area contributed by atoms with Crippen molar-refractivity contribution >= 4 is 16.8 Å². The fourth-order valence-corrected chi connectivity index (χ4v) is 2.80. The highest BCUT2D eigenvalue weighted by molar-refractivity contribution is 5.92. The Labute approximate surface area is 152 Å². The van der Waals surface area contributed by atoms with Gasteiger partial charge >= 0.3 is 0 Å². The van der Waals surface area contributed by atoms with E-state index in [0.29, 0.717) is 17.2 Å². The second-order valence-electron chi connectivity index (χ2n) is 6.12. The summed E-state index contributed by atoms with van der Waals surface area (Å²) in [5.41, 5.74) is 1.24. The van der Waals surface area contributed by atoms with Crippen molar-refractivity contribution in [2.45, 2.75) is 33.3 Å². The molecule has 0 atom stereocenters. The summed E-state index contributed by atoms with van der Waals surface area (Å²) >= 11 is 0. The number of benzene rings is 1. The average Bonchev–Trinajstić information content (AvgIpc) is 3.14. The van der Waals surface area contributed by atoms with E-state index < -0.39 is 0 Å². The lowest BCUT2D eigenvalue weighted by atomic mass is 10.2. The number of amides is 1. The summed E-state index contributed by atoms with van der Waals surface area (Å²) in [6.45, 7) is 5.76. The van der Waals surface area contributed by atoms with Gasteiger partial charge in [0.2, 0.25) is 0 Å². The summed E-state index contributed by atoms with van der Waals surface area (Å²) in [6.07, 6.45) is 3.59. The molecule has 0 saturated carbocycles. The van der Waals surface area contributed by atoms with E-state index in [-0.39, 0.29) is 12.5 Å². The van der Waals surface area contributed by atoms with Crippen LogP contribution in [0.25, 0.3) is 10.9 Å². The van der Waals surface area contributed by atoms with Crippen molar-refractivity contribution in [2.75, 3.05) is 13.1 Å². The Morgan fingerprint density at radius 2 is 1.96 bits per heavy atom. The van der Waals surface area contributed by atoms with Gasteiger partial charge in [-0.2, -0.15) is 0 Å². The highest BCUT2D eigenvalue weighted by Crippen LogP contribution is 2.20. The maximum absolute atomic E-state index is 12.5. The van der Waals surface area contributed by atoms with Crippen LogP contribution < -0.4 is 4.74 Å². The summed E-state index contributed by atoms with van der Waals surface area (Å²) in [5.74, 6) is 1.14. The Morgan fingerprint density at radius 1 is 1.15 bits per heavy atom. The SMILES string of the molecule is CCCN(CCC)C(=O)c1cc(COc2ccc3ncccc3c2)on1. The monoisotopic (exact) mass is 353 g/mol. The molecule has 2 heterocycles. The van der Waals surface area contributed by atoms with Crippen molar-refractivity contribution in [1.82, 2.24) is 15.0 Å². The van der Waals surface area contributed by atoms with Gasteiger partial charge in [-0.15, -0.1) is 0 Å². The molecule has 136 valence electrons. The molecule has 6 nitrogen and oxygen atoms in total. The van der Waals surface area contributed by atoms with Crippen LogP contribution in [-0.4, -0.2) is 34.0 Å². The van der Waals surface area contributed by atoms with Gasteiger partial charge in [-0.25, -0.2) is 0 Å². The van der Waals surface area contributed by atoms with Crippen LogP contribution in [0.2, 0.25) is 0 Å². The molecule has 0 fully saturated rings. The molecule has 0 aliphatic carbocycles. The number of aromatic nitrogens is 2. The van der Waals surface area contributed by atoms with E-state index >= 15 is 0 Å². The predicted octanol–water partition coefficient (Wildman–Crippen LogP) is 4.06. The molecule has 0 aliphatic rings. The molecule has 0 aliphatic heterocycles. The normalized spacial score (nSPS) is 10.8. The molecule has 0 unspecified atom stereocenters. The highest BCUT2D eigenvalue weighted by atomic mass is 16.5. The van der Waals surface area contributed by atoms with Gasteiger partial charge in [-0.05, 0) is 37.1 Å². The Hall–Kier alpha value is -2.89. The maximum Gasteiger partial charge on any atom is 0.276 e. The smallest absolute Gasteiger partial charge is 0.276 e. The molecule has 3 aromatic rings. The molecule has 26 heavy (non-hydrogen) atoms. The third-order valence-electron chi connectivity index (χ3n) is 4.01. The van der Waals surface area contributed by atoms with Crippen molar-refractivity contribution in [3.63, 3.8) is 0 Å². The minimum Gasteiger partial charge on any atom is -0.486 e. The van der Waals surface area contributed by atoms with Crippen LogP contribution in [0.1, 0.15) is 42.9 Å². The van der Waals surface area contributed by atoms with E-state index in [1.807, 2.05) is 30.3 Å². The Balaban J connectivity index is 1.64. The molecule has 0 bridgehead atoms. The summed E-state index contributed by atoms with van der Waals surface area (Å²) in [7, 11) is 0. The summed E-state index contributed by atoms with van der Waals surface area (Å²) in [6, 6.07) is 11.2. The Kier molecular flexibility index (Phi) is 5.84. The lowest BCUT2D eigenvalue weighted by Gasteiger charge is -2.19. The number of ether oxygens (including phenoxy) is 1. The molecule has 0 spiro atoms. The Morgan fingerprint density at radius 3 is 2.73 bits per heavy atom. The van der Waals surface area contributed by atoms with Gasteiger partial charge in [0, 0.05) is 30.7 Å². The zero-order valence-electron chi connectivity index (χ0n) is 15.1. The van der Waals surface area contributed by atoms with Crippen LogP contribution in [0.15, 0.2) is 47.1 Å². The number of hydrogen-bond acceptors (Lipinski definition) is 5. The molecule has 6 heteroatoms. The number of fused-ring (bicyclic) bond motifs is 1. The minimum absolute atomic E-state index is 0.0968. The van der Waals surface area contributed by atoms with Gasteiger partial charge in [0.25, 0.3) is 5.91 Å². The summed E-state index contributed by atoms with van der Waals surface area (Å²) < 4.78 is 11.0. The van der Waals surface area contributed by atoms with E-state index in [9.17, 15) is 4.79 Å². The van der Waals surface area contributed by atoms with Crippen molar-refractivity contribution in [3.05, 3.63) is 54.0 Å². The fraction of sp³-hybridized carbons (Fsp3) is 0.350. The van der Waals surface area contributed by atoms with Crippen LogP contribution in [0.3, 0.4) is 0 Å².